The van der Waals surface area contributed by atoms with Crippen LogP contribution in [0.2, 0.25) is 0 Å². The second kappa shape index (κ2) is 3.89. The predicted octanol–water partition coefficient (Wildman–Crippen LogP) is 1.47. The Hall–Kier alpha value is -0.570. The van der Waals surface area contributed by atoms with E-state index in [-0.39, 0.29) is 18.0 Å². The number of hydrogen-bond acceptors (Lipinski definition) is 3. The largest absolute Gasteiger partial charge is 0.462 e. The summed E-state index contributed by atoms with van der Waals surface area (Å²) in [6.07, 6.45) is 4.69. The average Bonchev–Trinajstić information content (AvgIpc) is 2.45. The molecule has 14 heavy (non-hydrogen) atoms. The van der Waals surface area contributed by atoms with E-state index < -0.39 is 0 Å². The normalized spacial score (nSPS) is 36.1. The van der Waals surface area contributed by atoms with Crippen LogP contribution >= 0.6 is 0 Å². The van der Waals surface area contributed by atoms with Crippen molar-refractivity contribution >= 4 is 5.97 Å². The van der Waals surface area contributed by atoms with Crippen LogP contribution in [-0.4, -0.2) is 24.2 Å². The molecular weight excluding hydrogens is 178 g/mol. The Labute approximate surface area is 85.2 Å². The number of hydrogen-bond donors (Lipinski definition) is 1. The van der Waals surface area contributed by atoms with Gasteiger partial charge in [0.15, 0.2) is 0 Å². The molecule has 2 saturated heterocycles. The summed E-state index contributed by atoms with van der Waals surface area (Å²) in [6.45, 7) is 3.77. The molecule has 2 bridgehead atoms. The van der Waals surface area contributed by atoms with Crippen molar-refractivity contribution in [3.63, 3.8) is 0 Å². The number of carbonyl (C=O) groups is 1. The van der Waals surface area contributed by atoms with Crippen LogP contribution in [-0.2, 0) is 9.53 Å². The van der Waals surface area contributed by atoms with Gasteiger partial charge in [0.05, 0.1) is 5.92 Å². The minimum absolute atomic E-state index is 0.00235. The average molecular weight is 197 g/mol. The van der Waals surface area contributed by atoms with E-state index in [1.54, 1.807) is 0 Å². The molecule has 0 aromatic heterocycles. The van der Waals surface area contributed by atoms with Crippen LogP contribution in [0.3, 0.4) is 0 Å². The van der Waals surface area contributed by atoms with Gasteiger partial charge in [0.1, 0.15) is 6.10 Å². The maximum atomic E-state index is 11.4. The molecule has 0 saturated carbocycles. The zero-order valence-electron chi connectivity index (χ0n) is 8.95. The Morgan fingerprint density at radius 2 is 1.86 bits per heavy atom. The SMILES string of the molecule is CC(C)C(=O)OC1C[C@H]2CC[C@@H](C1)N2. The Kier molecular flexibility index (Phi) is 2.77. The highest BCUT2D eigenvalue weighted by Gasteiger charge is 2.35. The molecule has 1 N–H and O–H groups in total. The quantitative estimate of drug-likeness (QED) is 0.681. The monoisotopic (exact) mass is 197 g/mol. The summed E-state index contributed by atoms with van der Waals surface area (Å²) in [5.41, 5.74) is 0. The lowest BCUT2D eigenvalue weighted by molar-refractivity contribution is -0.154. The summed E-state index contributed by atoms with van der Waals surface area (Å²) >= 11 is 0. The Bertz CT molecular complexity index is 215. The van der Waals surface area contributed by atoms with Gasteiger partial charge < -0.3 is 10.1 Å². The van der Waals surface area contributed by atoms with Crippen molar-refractivity contribution in [2.45, 2.75) is 57.7 Å². The zero-order valence-corrected chi connectivity index (χ0v) is 8.95. The number of fused-ring (bicyclic) bond motifs is 2. The van der Waals surface area contributed by atoms with Crippen molar-refractivity contribution in [2.24, 2.45) is 5.92 Å². The maximum absolute atomic E-state index is 11.4. The Morgan fingerprint density at radius 3 is 2.36 bits per heavy atom. The summed E-state index contributed by atoms with van der Waals surface area (Å²) in [5.74, 6) is -0.0427. The first-order valence-electron chi connectivity index (χ1n) is 5.61. The fraction of sp³-hybridized carbons (Fsp3) is 0.909. The lowest BCUT2D eigenvalue weighted by Gasteiger charge is -2.29. The minimum Gasteiger partial charge on any atom is -0.462 e. The molecule has 3 heteroatoms. The van der Waals surface area contributed by atoms with Crippen LogP contribution in [0.1, 0.15) is 39.5 Å². The van der Waals surface area contributed by atoms with Gasteiger partial charge in [-0.1, -0.05) is 13.8 Å². The third kappa shape index (κ3) is 2.08. The van der Waals surface area contributed by atoms with Crippen molar-refractivity contribution < 1.29 is 9.53 Å². The number of piperidine rings is 1. The highest BCUT2D eigenvalue weighted by Crippen LogP contribution is 2.28. The molecule has 2 aliphatic rings. The van der Waals surface area contributed by atoms with Crippen LogP contribution in [0.4, 0.5) is 0 Å². The molecule has 2 rings (SSSR count). The van der Waals surface area contributed by atoms with Gasteiger partial charge in [-0.25, -0.2) is 0 Å². The van der Waals surface area contributed by atoms with Crippen molar-refractivity contribution in [3.05, 3.63) is 0 Å². The lowest BCUT2D eigenvalue weighted by Crippen LogP contribution is -2.42. The van der Waals surface area contributed by atoms with E-state index in [0.29, 0.717) is 12.1 Å². The first-order valence-corrected chi connectivity index (χ1v) is 5.61. The van der Waals surface area contributed by atoms with Crippen LogP contribution in [0.15, 0.2) is 0 Å². The van der Waals surface area contributed by atoms with Gasteiger partial charge in [0.2, 0.25) is 0 Å². The molecule has 3 nitrogen and oxygen atoms in total. The highest BCUT2D eigenvalue weighted by molar-refractivity contribution is 5.71. The molecule has 2 aliphatic heterocycles. The van der Waals surface area contributed by atoms with Crippen molar-refractivity contribution in [1.82, 2.24) is 5.32 Å². The molecule has 0 spiro atoms. The first kappa shape index (κ1) is 9.97. The molecule has 3 atom stereocenters. The summed E-state index contributed by atoms with van der Waals surface area (Å²) in [7, 11) is 0. The summed E-state index contributed by atoms with van der Waals surface area (Å²) in [4.78, 5) is 11.4. The van der Waals surface area contributed by atoms with Crippen LogP contribution in [0, 0.1) is 5.92 Å². The van der Waals surface area contributed by atoms with Gasteiger partial charge in [-0.05, 0) is 25.7 Å². The second-order valence-electron chi connectivity index (χ2n) is 4.82. The third-order valence-corrected chi connectivity index (χ3v) is 3.18. The Morgan fingerprint density at radius 1 is 1.29 bits per heavy atom. The van der Waals surface area contributed by atoms with Gasteiger partial charge in [-0.3, -0.25) is 4.79 Å². The van der Waals surface area contributed by atoms with Crippen molar-refractivity contribution in [2.75, 3.05) is 0 Å². The van der Waals surface area contributed by atoms with E-state index in [4.69, 9.17) is 4.74 Å². The molecule has 2 heterocycles. The van der Waals surface area contributed by atoms with Crippen LogP contribution < -0.4 is 5.32 Å². The van der Waals surface area contributed by atoms with Crippen molar-refractivity contribution in [3.8, 4) is 0 Å². The topological polar surface area (TPSA) is 38.3 Å². The number of esters is 1. The molecular formula is C11H19NO2. The molecule has 0 aromatic rings. The maximum Gasteiger partial charge on any atom is 0.308 e. The fourth-order valence-corrected chi connectivity index (χ4v) is 2.40. The van der Waals surface area contributed by atoms with E-state index >= 15 is 0 Å². The van der Waals surface area contributed by atoms with Gasteiger partial charge in [0.25, 0.3) is 0 Å². The van der Waals surface area contributed by atoms with E-state index in [1.165, 1.54) is 12.8 Å². The lowest BCUT2D eigenvalue weighted by atomic mass is 10.0. The van der Waals surface area contributed by atoms with E-state index in [2.05, 4.69) is 5.32 Å². The standard InChI is InChI=1S/C11H19NO2/c1-7(2)11(13)14-10-5-8-3-4-9(6-10)12-8/h7-10,12H,3-6H2,1-2H3/t8-,9+,10?. The molecule has 80 valence electrons. The minimum atomic E-state index is -0.0451. The van der Waals surface area contributed by atoms with Gasteiger partial charge >= 0.3 is 5.97 Å². The Balaban J connectivity index is 1.85. The third-order valence-electron chi connectivity index (χ3n) is 3.18. The fourth-order valence-electron chi connectivity index (χ4n) is 2.40. The summed E-state index contributed by atoms with van der Waals surface area (Å²) in [6, 6.07) is 1.19. The number of nitrogens with one attached hydrogen (secondary N) is 1. The number of ether oxygens (including phenoxy) is 1. The first-order chi connectivity index (χ1) is 6.65. The molecule has 0 amide bonds. The second-order valence-corrected chi connectivity index (χ2v) is 4.82. The number of carbonyl (C=O) groups excluding carboxylic acids is 1. The van der Waals surface area contributed by atoms with Crippen LogP contribution in [0.5, 0.6) is 0 Å². The van der Waals surface area contributed by atoms with E-state index in [9.17, 15) is 4.79 Å². The van der Waals surface area contributed by atoms with Crippen molar-refractivity contribution in [1.29, 1.82) is 0 Å². The van der Waals surface area contributed by atoms with Gasteiger partial charge in [0, 0.05) is 12.1 Å². The number of rotatable bonds is 2. The molecule has 0 radical (unpaired) electrons. The summed E-state index contributed by atoms with van der Waals surface area (Å²) < 4.78 is 5.45. The predicted molar refractivity (Wildman–Crippen MR) is 53.9 cm³/mol. The highest BCUT2D eigenvalue weighted by atomic mass is 16.5. The zero-order chi connectivity index (χ0) is 10.1. The smallest absolute Gasteiger partial charge is 0.308 e. The van der Waals surface area contributed by atoms with E-state index in [0.717, 1.165) is 12.8 Å². The van der Waals surface area contributed by atoms with Gasteiger partial charge in [-0.15, -0.1) is 0 Å². The molecule has 2 fully saturated rings. The summed E-state index contributed by atoms with van der Waals surface area (Å²) in [5, 5.41) is 3.53. The molecule has 0 aliphatic carbocycles. The molecule has 1 unspecified atom stereocenters. The molecule has 0 aromatic carbocycles. The van der Waals surface area contributed by atoms with Crippen LogP contribution in [0.25, 0.3) is 0 Å². The van der Waals surface area contributed by atoms with E-state index in [1.807, 2.05) is 13.8 Å². The van der Waals surface area contributed by atoms with Gasteiger partial charge in [-0.2, -0.15) is 0 Å².